The average Bonchev–Trinajstić information content (AvgIpc) is 2.78. The summed E-state index contributed by atoms with van der Waals surface area (Å²) in [5.74, 6) is 0.0966. The molecule has 2 heterocycles. The Morgan fingerprint density at radius 3 is 2.51 bits per heavy atom. The molecule has 0 aliphatic carbocycles. The number of ether oxygens (including phenoxy) is 1. The van der Waals surface area contributed by atoms with Gasteiger partial charge in [-0.1, -0.05) is 13.0 Å². The van der Waals surface area contributed by atoms with E-state index in [0.717, 1.165) is 38.3 Å². The van der Waals surface area contributed by atoms with Crippen LogP contribution in [0.1, 0.15) is 51.7 Å². The second-order valence-corrected chi connectivity index (χ2v) is 10.1. The third-order valence-corrected chi connectivity index (χ3v) is 6.16. The minimum absolute atomic E-state index is 0.227. The molecule has 1 fully saturated rings. The fourth-order valence-electron chi connectivity index (χ4n) is 4.34. The number of nitrogens with zero attached hydrogens (tertiary/aromatic N) is 2. The first kappa shape index (κ1) is 26.7. The number of carbonyl (C=O) groups is 1. The number of carbonyl (C=O) groups excluding carboxylic acids is 1. The van der Waals surface area contributed by atoms with Crippen LogP contribution in [0.25, 0.3) is 0 Å². The van der Waals surface area contributed by atoms with Crippen molar-refractivity contribution in [1.29, 1.82) is 0 Å². The van der Waals surface area contributed by atoms with Crippen molar-refractivity contribution >= 4 is 17.5 Å². The zero-order valence-corrected chi connectivity index (χ0v) is 21.6. The third kappa shape index (κ3) is 7.53. The summed E-state index contributed by atoms with van der Waals surface area (Å²) >= 11 is 0. The van der Waals surface area contributed by atoms with Crippen molar-refractivity contribution < 1.29 is 9.53 Å². The topological polar surface area (TPSA) is 108 Å². The second kappa shape index (κ2) is 11.7. The van der Waals surface area contributed by atoms with Crippen LogP contribution in [-0.2, 0) is 22.5 Å². The van der Waals surface area contributed by atoms with Crippen LogP contribution in [0.3, 0.4) is 0 Å². The summed E-state index contributed by atoms with van der Waals surface area (Å²) < 4.78 is 6.84. The Balaban J connectivity index is 1.68. The highest BCUT2D eigenvalue weighted by molar-refractivity contribution is 5.76. The Kier molecular flexibility index (Phi) is 8.91. The van der Waals surface area contributed by atoms with Crippen LogP contribution in [0.15, 0.2) is 33.9 Å². The van der Waals surface area contributed by atoms with Gasteiger partial charge in [-0.25, -0.2) is 4.79 Å². The van der Waals surface area contributed by atoms with Crippen LogP contribution in [0.2, 0.25) is 0 Å². The van der Waals surface area contributed by atoms with Gasteiger partial charge in [0, 0.05) is 44.5 Å². The van der Waals surface area contributed by atoms with E-state index < -0.39 is 17.3 Å². The molecule has 9 heteroatoms. The molecule has 3 N–H and O–H groups in total. The van der Waals surface area contributed by atoms with Crippen molar-refractivity contribution in [2.75, 3.05) is 31.5 Å². The number of aryl methyl sites for hydroxylation is 2. The number of hydrogen-bond acceptors (Lipinski definition) is 7. The highest BCUT2D eigenvalue weighted by atomic mass is 16.6. The van der Waals surface area contributed by atoms with Gasteiger partial charge in [-0.3, -0.25) is 24.0 Å². The fraction of sp³-hybridized carbons (Fsp3) is 0.577. The Labute approximate surface area is 206 Å². The molecular weight excluding hydrogens is 446 g/mol. The number of aromatic amines is 1. The first-order chi connectivity index (χ1) is 16.6. The molecule has 1 atom stereocenters. The number of benzene rings is 1. The summed E-state index contributed by atoms with van der Waals surface area (Å²) in [4.78, 5) is 43.2. The molecule has 1 aromatic carbocycles. The monoisotopic (exact) mass is 485 g/mol. The summed E-state index contributed by atoms with van der Waals surface area (Å²) in [6, 6.07) is 6.95. The molecule has 3 rings (SSSR count). The van der Waals surface area contributed by atoms with Crippen LogP contribution < -0.4 is 21.9 Å². The van der Waals surface area contributed by atoms with E-state index in [4.69, 9.17) is 4.74 Å². The first-order valence-electron chi connectivity index (χ1n) is 12.5. The molecule has 2 aromatic rings. The maximum absolute atomic E-state index is 12.9. The number of piperazine rings is 1. The Morgan fingerprint density at radius 2 is 1.89 bits per heavy atom. The lowest BCUT2D eigenvalue weighted by Gasteiger charge is -2.35. The quantitative estimate of drug-likeness (QED) is 0.469. The summed E-state index contributed by atoms with van der Waals surface area (Å²) in [5, 5.41) is 6.42. The summed E-state index contributed by atoms with van der Waals surface area (Å²) in [7, 11) is 0. The van der Waals surface area contributed by atoms with Gasteiger partial charge < -0.3 is 15.4 Å². The van der Waals surface area contributed by atoms with Crippen LogP contribution in [0, 0.1) is 6.92 Å². The van der Waals surface area contributed by atoms with E-state index in [1.807, 2.05) is 39.0 Å². The zero-order chi connectivity index (χ0) is 25.6. The second-order valence-electron chi connectivity index (χ2n) is 10.1. The van der Waals surface area contributed by atoms with Gasteiger partial charge in [0.15, 0.2) is 0 Å². The Hall–Kier alpha value is -2.91. The van der Waals surface area contributed by atoms with Gasteiger partial charge in [-0.15, -0.1) is 0 Å². The molecule has 1 unspecified atom stereocenters. The lowest BCUT2D eigenvalue weighted by atomic mass is 10.1. The smallest absolute Gasteiger partial charge is 0.329 e. The maximum Gasteiger partial charge on any atom is 0.329 e. The standard InChI is InChI=1S/C26H39N5O4/c1-6-19-16-20(10-9-18(19)2)28-22-17-23(32)31(25(34)29-22)13-7-8-21(24(33)35-26(3,4)5)30-14-11-27-12-15-30/h9-10,16-17,21,27-28H,6-8,11-15H2,1-5H3,(H,29,34). The molecule has 1 aliphatic rings. The lowest BCUT2D eigenvalue weighted by molar-refractivity contribution is -0.162. The number of aromatic nitrogens is 2. The van der Waals surface area contributed by atoms with Crippen molar-refractivity contribution in [3.8, 4) is 0 Å². The lowest BCUT2D eigenvalue weighted by Crippen LogP contribution is -2.52. The third-order valence-electron chi connectivity index (χ3n) is 6.16. The Morgan fingerprint density at radius 1 is 1.17 bits per heavy atom. The van der Waals surface area contributed by atoms with E-state index in [2.05, 4.69) is 34.4 Å². The molecule has 0 amide bonds. The molecule has 1 saturated heterocycles. The van der Waals surface area contributed by atoms with E-state index >= 15 is 0 Å². The van der Waals surface area contributed by atoms with Gasteiger partial charge in [-0.05, 0) is 70.2 Å². The molecule has 0 bridgehead atoms. The van der Waals surface area contributed by atoms with Crippen LogP contribution in [0.4, 0.5) is 11.5 Å². The molecule has 1 aromatic heterocycles. The van der Waals surface area contributed by atoms with Gasteiger partial charge in [0.2, 0.25) is 0 Å². The van der Waals surface area contributed by atoms with E-state index in [-0.39, 0.29) is 18.1 Å². The normalized spacial score (nSPS) is 15.6. The predicted molar refractivity (Wildman–Crippen MR) is 138 cm³/mol. The molecule has 35 heavy (non-hydrogen) atoms. The number of H-pyrrole nitrogens is 1. The summed E-state index contributed by atoms with van der Waals surface area (Å²) in [6.45, 7) is 13.1. The van der Waals surface area contributed by atoms with Gasteiger partial charge in [0.25, 0.3) is 5.56 Å². The number of rotatable bonds is 9. The van der Waals surface area contributed by atoms with Crippen LogP contribution in [0.5, 0.6) is 0 Å². The number of anilines is 2. The largest absolute Gasteiger partial charge is 0.459 e. The maximum atomic E-state index is 12.9. The van der Waals surface area contributed by atoms with Crippen molar-refractivity contribution in [1.82, 2.24) is 19.8 Å². The number of nitrogens with one attached hydrogen (secondary N) is 3. The van der Waals surface area contributed by atoms with E-state index in [0.29, 0.717) is 18.7 Å². The molecule has 1 aliphatic heterocycles. The molecule has 192 valence electrons. The van der Waals surface area contributed by atoms with Crippen molar-refractivity contribution in [3.63, 3.8) is 0 Å². The van der Waals surface area contributed by atoms with Crippen LogP contribution in [-0.4, -0.2) is 58.2 Å². The molecule has 9 nitrogen and oxygen atoms in total. The highest BCUT2D eigenvalue weighted by Crippen LogP contribution is 2.19. The van der Waals surface area contributed by atoms with Gasteiger partial charge in [0.05, 0.1) is 0 Å². The van der Waals surface area contributed by atoms with E-state index in [1.165, 1.54) is 21.8 Å². The van der Waals surface area contributed by atoms with E-state index in [9.17, 15) is 14.4 Å². The molecule has 0 saturated carbocycles. The van der Waals surface area contributed by atoms with Crippen molar-refractivity contribution in [3.05, 3.63) is 56.2 Å². The van der Waals surface area contributed by atoms with E-state index in [1.54, 1.807) is 0 Å². The molecule has 0 spiro atoms. The Bertz CT molecular complexity index is 1090. The fourth-order valence-corrected chi connectivity index (χ4v) is 4.34. The minimum atomic E-state index is -0.574. The minimum Gasteiger partial charge on any atom is -0.459 e. The molecule has 0 radical (unpaired) electrons. The summed E-state index contributed by atoms with van der Waals surface area (Å²) in [5.41, 5.74) is 1.79. The van der Waals surface area contributed by atoms with Crippen LogP contribution >= 0.6 is 0 Å². The van der Waals surface area contributed by atoms with Gasteiger partial charge in [0.1, 0.15) is 17.5 Å². The van der Waals surface area contributed by atoms with Crippen molar-refractivity contribution in [2.45, 2.75) is 72.1 Å². The molecular formula is C26H39N5O4. The highest BCUT2D eigenvalue weighted by Gasteiger charge is 2.30. The zero-order valence-electron chi connectivity index (χ0n) is 21.6. The first-order valence-corrected chi connectivity index (χ1v) is 12.5. The van der Waals surface area contributed by atoms with Gasteiger partial charge >= 0.3 is 11.7 Å². The number of esters is 1. The predicted octanol–water partition coefficient (Wildman–Crippen LogP) is 2.55. The van der Waals surface area contributed by atoms with Gasteiger partial charge in [-0.2, -0.15) is 0 Å². The van der Waals surface area contributed by atoms with Crippen molar-refractivity contribution in [2.24, 2.45) is 0 Å². The number of hydrogen-bond donors (Lipinski definition) is 3. The average molecular weight is 486 g/mol. The SMILES string of the molecule is CCc1cc(Nc2cc(=O)n(CCCC(C(=O)OC(C)(C)C)N3CCNCC3)c(=O)[nH]2)ccc1C. The summed E-state index contributed by atoms with van der Waals surface area (Å²) in [6.07, 6.45) is 1.91.